The quantitative estimate of drug-likeness (QED) is 0.875. The van der Waals surface area contributed by atoms with Crippen molar-refractivity contribution in [1.29, 1.82) is 0 Å². The maximum atomic E-state index is 12.2. The summed E-state index contributed by atoms with van der Waals surface area (Å²) in [5.74, 6) is 1.50. The first-order valence-corrected chi connectivity index (χ1v) is 8.57. The van der Waals surface area contributed by atoms with Gasteiger partial charge in [-0.05, 0) is 43.9 Å². The summed E-state index contributed by atoms with van der Waals surface area (Å²) in [4.78, 5) is 14.1. The molecule has 1 aliphatic rings. The van der Waals surface area contributed by atoms with Crippen molar-refractivity contribution in [1.82, 2.24) is 10.2 Å². The highest BCUT2D eigenvalue weighted by atomic mass is 16.5. The van der Waals surface area contributed by atoms with E-state index in [-0.39, 0.29) is 6.03 Å². The first-order chi connectivity index (χ1) is 11.2. The third kappa shape index (κ3) is 5.34. The fraction of sp³-hybridized carbons (Fsp3) is 0.611. The molecule has 0 saturated carbocycles. The van der Waals surface area contributed by atoms with Crippen molar-refractivity contribution in [2.24, 2.45) is 0 Å². The number of carbonyl (C=O) groups excluding carboxylic acids is 1. The number of urea groups is 1. The van der Waals surface area contributed by atoms with Crippen LogP contribution in [0.1, 0.15) is 38.2 Å². The van der Waals surface area contributed by atoms with E-state index in [0.717, 1.165) is 49.4 Å². The van der Waals surface area contributed by atoms with Crippen molar-refractivity contribution in [3.8, 4) is 11.5 Å². The number of ether oxygens (including phenoxy) is 2. The molecule has 128 valence electrons. The fourth-order valence-corrected chi connectivity index (χ4v) is 2.84. The maximum absolute atomic E-state index is 12.2. The van der Waals surface area contributed by atoms with Crippen LogP contribution in [-0.4, -0.2) is 44.3 Å². The normalized spacial score (nSPS) is 15.0. The molecule has 0 unspecified atom stereocenters. The Morgan fingerprint density at radius 3 is 2.57 bits per heavy atom. The van der Waals surface area contributed by atoms with Gasteiger partial charge in [0.2, 0.25) is 0 Å². The zero-order chi connectivity index (χ0) is 16.5. The van der Waals surface area contributed by atoms with Crippen LogP contribution in [0.2, 0.25) is 0 Å². The predicted molar refractivity (Wildman–Crippen MR) is 91.3 cm³/mol. The van der Waals surface area contributed by atoms with Gasteiger partial charge in [-0.25, -0.2) is 4.79 Å². The zero-order valence-corrected chi connectivity index (χ0v) is 14.3. The summed E-state index contributed by atoms with van der Waals surface area (Å²) >= 11 is 0. The summed E-state index contributed by atoms with van der Waals surface area (Å²) in [5, 5.41) is 3.02. The van der Waals surface area contributed by atoms with E-state index in [1.807, 2.05) is 30.0 Å². The van der Waals surface area contributed by atoms with E-state index >= 15 is 0 Å². The molecule has 0 atom stereocenters. The van der Waals surface area contributed by atoms with E-state index in [2.05, 4.69) is 5.32 Å². The molecule has 0 aromatic heterocycles. The molecule has 0 bridgehead atoms. The average Bonchev–Trinajstić information content (AvgIpc) is 2.85. The van der Waals surface area contributed by atoms with Gasteiger partial charge >= 0.3 is 6.03 Å². The largest absolute Gasteiger partial charge is 0.493 e. The van der Waals surface area contributed by atoms with Gasteiger partial charge in [-0.1, -0.05) is 18.9 Å². The highest BCUT2D eigenvalue weighted by Crippen LogP contribution is 2.28. The van der Waals surface area contributed by atoms with Gasteiger partial charge in [-0.3, -0.25) is 0 Å². The number of amides is 2. The number of rotatable bonds is 6. The summed E-state index contributed by atoms with van der Waals surface area (Å²) in [6.07, 6.45) is 5.47. The van der Waals surface area contributed by atoms with E-state index in [4.69, 9.17) is 9.47 Å². The third-order valence-corrected chi connectivity index (χ3v) is 4.11. The molecule has 1 heterocycles. The van der Waals surface area contributed by atoms with Crippen LogP contribution in [0.4, 0.5) is 4.79 Å². The van der Waals surface area contributed by atoms with Crippen LogP contribution >= 0.6 is 0 Å². The fourth-order valence-electron chi connectivity index (χ4n) is 2.84. The average molecular weight is 320 g/mol. The van der Waals surface area contributed by atoms with Crippen LogP contribution in [0.5, 0.6) is 11.5 Å². The van der Waals surface area contributed by atoms with Crippen LogP contribution in [0.15, 0.2) is 18.2 Å². The highest BCUT2D eigenvalue weighted by Gasteiger charge is 2.14. The summed E-state index contributed by atoms with van der Waals surface area (Å²) in [5.41, 5.74) is 1.13. The number of hydrogen-bond donors (Lipinski definition) is 1. The summed E-state index contributed by atoms with van der Waals surface area (Å²) in [6, 6.07) is 5.98. The van der Waals surface area contributed by atoms with Crippen LogP contribution in [0.3, 0.4) is 0 Å². The third-order valence-electron chi connectivity index (χ3n) is 4.11. The molecular formula is C18H28N2O3. The van der Waals surface area contributed by atoms with Crippen LogP contribution in [0, 0.1) is 0 Å². The number of hydrogen-bond acceptors (Lipinski definition) is 3. The van der Waals surface area contributed by atoms with Crippen molar-refractivity contribution in [3.05, 3.63) is 23.8 Å². The SMILES string of the molecule is CCOc1ccc(CCNC(=O)N2CCCCCC2)cc1OC. The number of benzene rings is 1. The lowest BCUT2D eigenvalue weighted by Crippen LogP contribution is -2.41. The monoisotopic (exact) mass is 320 g/mol. The molecule has 2 rings (SSSR count). The summed E-state index contributed by atoms with van der Waals surface area (Å²) < 4.78 is 10.9. The van der Waals surface area contributed by atoms with Crippen molar-refractivity contribution >= 4 is 6.03 Å². The zero-order valence-electron chi connectivity index (χ0n) is 14.3. The lowest BCUT2D eigenvalue weighted by molar-refractivity contribution is 0.200. The molecular weight excluding hydrogens is 292 g/mol. The molecule has 1 fully saturated rings. The molecule has 0 spiro atoms. The van der Waals surface area contributed by atoms with Crippen molar-refractivity contribution in [3.63, 3.8) is 0 Å². The summed E-state index contributed by atoms with van der Waals surface area (Å²) in [7, 11) is 1.64. The smallest absolute Gasteiger partial charge is 0.317 e. The molecule has 1 aromatic carbocycles. The standard InChI is InChI=1S/C18H28N2O3/c1-3-23-16-9-8-15(14-17(16)22-2)10-11-19-18(21)20-12-6-4-5-7-13-20/h8-9,14H,3-7,10-13H2,1-2H3,(H,19,21). The van der Waals surface area contributed by atoms with E-state index in [1.54, 1.807) is 7.11 Å². The Hall–Kier alpha value is -1.91. The van der Waals surface area contributed by atoms with E-state index in [1.165, 1.54) is 12.8 Å². The predicted octanol–water partition coefficient (Wildman–Crippen LogP) is 3.22. The second-order valence-corrected chi connectivity index (χ2v) is 5.80. The van der Waals surface area contributed by atoms with Gasteiger partial charge in [0.05, 0.1) is 13.7 Å². The van der Waals surface area contributed by atoms with Crippen LogP contribution < -0.4 is 14.8 Å². The second kappa shape index (κ2) is 9.28. The molecule has 23 heavy (non-hydrogen) atoms. The highest BCUT2D eigenvalue weighted by molar-refractivity contribution is 5.74. The van der Waals surface area contributed by atoms with Gasteiger partial charge in [0.15, 0.2) is 11.5 Å². The number of nitrogens with zero attached hydrogens (tertiary/aromatic N) is 1. The van der Waals surface area contributed by atoms with E-state index in [9.17, 15) is 4.79 Å². The molecule has 2 amide bonds. The molecule has 1 saturated heterocycles. The molecule has 5 heteroatoms. The second-order valence-electron chi connectivity index (χ2n) is 5.80. The van der Waals surface area contributed by atoms with Gasteiger partial charge in [-0.2, -0.15) is 0 Å². The minimum Gasteiger partial charge on any atom is -0.493 e. The minimum absolute atomic E-state index is 0.0600. The Morgan fingerprint density at radius 1 is 1.17 bits per heavy atom. The molecule has 1 aliphatic heterocycles. The van der Waals surface area contributed by atoms with Gasteiger partial charge in [0.1, 0.15) is 0 Å². The Bertz CT molecular complexity index is 497. The Morgan fingerprint density at radius 2 is 1.91 bits per heavy atom. The lowest BCUT2D eigenvalue weighted by atomic mass is 10.1. The number of nitrogens with one attached hydrogen (secondary N) is 1. The lowest BCUT2D eigenvalue weighted by Gasteiger charge is -2.20. The first kappa shape index (κ1) is 17.4. The first-order valence-electron chi connectivity index (χ1n) is 8.57. The topological polar surface area (TPSA) is 50.8 Å². The Balaban J connectivity index is 1.82. The van der Waals surface area contributed by atoms with E-state index < -0.39 is 0 Å². The molecule has 1 N–H and O–H groups in total. The van der Waals surface area contributed by atoms with Gasteiger partial charge in [0.25, 0.3) is 0 Å². The minimum atomic E-state index is 0.0600. The van der Waals surface area contributed by atoms with Gasteiger partial charge in [0, 0.05) is 19.6 Å². The van der Waals surface area contributed by atoms with Gasteiger partial charge < -0.3 is 19.7 Å². The number of likely N-dealkylation sites (tertiary alicyclic amines) is 1. The Kier molecular flexibility index (Phi) is 7.04. The molecule has 1 aromatic rings. The van der Waals surface area contributed by atoms with Gasteiger partial charge in [-0.15, -0.1) is 0 Å². The Labute approximate surface area is 139 Å². The van der Waals surface area contributed by atoms with Crippen molar-refractivity contribution < 1.29 is 14.3 Å². The molecule has 0 radical (unpaired) electrons. The van der Waals surface area contributed by atoms with E-state index in [0.29, 0.717) is 13.2 Å². The summed E-state index contributed by atoms with van der Waals surface area (Å²) in [6.45, 7) is 4.95. The van der Waals surface area contributed by atoms with Crippen molar-refractivity contribution in [2.45, 2.75) is 39.0 Å². The van der Waals surface area contributed by atoms with Crippen molar-refractivity contribution in [2.75, 3.05) is 33.4 Å². The van der Waals surface area contributed by atoms with Crippen LogP contribution in [0.25, 0.3) is 0 Å². The molecule has 5 nitrogen and oxygen atoms in total. The number of methoxy groups -OCH3 is 1. The van der Waals surface area contributed by atoms with Crippen LogP contribution in [-0.2, 0) is 6.42 Å². The number of carbonyl (C=O) groups is 1. The molecule has 0 aliphatic carbocycles. The maximum Gasteiger partial charge on any atom is 0.317 e.